The highest BCUT2D eigenvalue weighted by Crippen LogP contribution is 2.15. The number of anilines is 1. The number of ether oxygens (including phenoxy) is 1. The van der Waals surface area contributed by atoms with E-state index in [1.165, 1.54) is 0 Å². The van der Waals surface area contributed by atoms with E-state index in [4.69, 9.17) is 4.74 Å². The minimum absolute atomic E-state index is 0.0259. The Kier molecular flexibility index (Phi) is 5.59. The summed E-state index contributed by atoms with van der Waals surface area (Å²) in [6.45, 7) is 5.99. The number of carbonyl (C=O) groups is 1. The van der Waals surface area contributed by atoms with Crippen molar-refractivity contribution >= 4 is 11.6 Å². The first kappa shape index (κ1) is 15.8. The molecule has 2 atom stereocenters. The van der Waals surface area contributed by atoms with Gasteiger partial charge in [-0.05, 0) is 26.0 Å². The number of hydrogen-bond acceptors (Lipinski definition) is 4. The Morgan fingerprint density at radius 3 is 2.48 bits per heavy atom. The Morgan fingerprint density at radius 2 is 1.90 bits per heavy atom. The topological polar surface area (TPSA) is 53.0 Å². The van der Waals surface area contributed by atoms with Crippen molar-refractivity contribution in [2.45, 2.75) is 26.1 Å². The van der Waals surface area contributed by atoms with Crippen LogP contribution in [0.1, 0.15) is 13.8 Å². The average Bonchev–Trinajstić information content (AvgIpc) is 2.46. The number of morpholine rings is 1. The molecule has 1 aliphatic rings. The summed E-state index contributed by atoms with van der Waals surface area (Å²) in [6, 6.07) is 9.71. The molecule has 0 aliphatic carbocycles. The molecule has 0 spiro atoms. The van der Waals surface area contributed by atoms with Crippen LogP contribution in [0.2, 0.25) is 0 Å². The van der Waals surface area contributed by atoms with Gasteiger partial charge in [-0.1, -0.05) is 18.2 Å². The van der Waals surface area contributed by atoms with Crippen LogP contribution < -0.4 is 4.90 Å². The fourth-order valence-corrected chi connectivity index (χ4v) is 2.70. The van der Waals surface area contributed by atoms with Crippen LogP contribution in [-0.2, 0) is 9.53 Å². The van der Waals surface area contributed by atoms with Crippen molar-refractivity contribution in [1.82, 2.24) is 4.90 Å². The quantitative estimate of drug-likeness (QED) is 0.883. The molecule has 1 aromatic carbocycles. The molecule has 0 radical (unpaired) electrons. The van der Waals surface area contributed by atoms with Crippen LogP contribution in [0.4, 0.5) is 5.69 Å². The maximum atomic E-state index is 12.5. The number of aliphatic hydroxyl groups excluding tert-OH is 1. The second kappa shape index (κ2) is 7.43. The molecule has 5 heteroatoms. The van der Waals surface area contributed by atoms with Crippen molar-refractivity contribution in [3.63, 3.8) is 0 Å². The number of hydrogen-bond donors (Lipinski definition) is 1. The van der Waals surface area contributed by atoms with E-state index in [-0.39, 0.29) is 31.3 Å². The van der Waals surface area contributed by atoms with Crippen LogP contribution in [0.25, 0.3) is 0 Å². The monoisotopic (exact) mass is 292 g/mol. The Balaban J connectivity index is 2.01. The van der Waals surface area contributed by atoms with E-state index >= 15 is 0 Å². The van der Waals surface area contributed by atoms with Crippen LogP contribution in [0.5, 0.6) is 0 Å². The summed E-state index contributed by atoms with van der Waals surface area (Å²) < 4.78 is 5.66. The van der Waals surface area contributed by atoms with Crippen molar-refractivity contribution in [3.05, 3.63) is 30.3 Å². The third kappa shape index (κ3) is 4.44. The van der Waals surface area contributed by atoms with Crippen LogP contribution >= 0.6 is 0 Å². The van der Waals surface area contributed by atoms with Gasteiger partial charge in [0.1, 0.15) is 0 Å². The molecule has 5 nitrogen and oxygen atoms in total. The van der Waals surface area contributed by atoms with Gasteiger partial charge in [-0.2, -0.15) is 0 Å². The molecule has 1 N–H and O–H groups in total. The largest absolute Gasteiger partial charge is 0.395 e. The number of nitrogens with zero attached hydrogens (tertiary/aromatic N) is 2. The van der Waals surface area contributed by atoms with E-state index in [1.54, 1.807) is 0 Å². The molecule has 1 aromatic rings. The summed E-state index contributed by atoms with van der Waals surface area (Å²) >= 11 is 0. The molecule has 21 heavy (non-hydrogen) atoms. The summed E-state index contributed by atoms with van der Waals surface area (Å²) in [7, 11) is 0. The standard InChI is InChI=1S/C16H24N2O3/c1-13-10-18(11-14(2)21-13)16(20)12-17(8-9-19)15-6-4-3-5-7-15/h3-7,13-14,19H,8-12H2,1-2H3. The molecule has 1 aliphatic heterocycles. The van der Waals surface area contributed by atoms with Crippen LogP contribution in [0, 0.1) is 0 Å². The smallest absolute Gasteiger partial charge is 0.242 e. The highest BCUT2D eigenvalue weighted by atomic mass is 16.5. The van der Waals surface area contributed by atoms with E-state index in [0.717, 1.165) is 5.69 Å². The third-order valence-electron chi connectivity index (χ3n) is 3.59. The molecule has 0 aromatic heterocycles. The van der Waals surface area contributed by atoms with Gasteiger partial charge in [0.2, 0.25) is 5.91 Å². The number of rotatable bonds is 5. The van der Waals surface area contributed by atoms with E-state index in [0.29, 0.717) is 19.6 Å². The highest BCUT2D eigenvalue weighted by Gasteiger charge is 2.26. The van der Waals surface area contributed by atoms with Gasteiger partial charge in [0.05, 0.1) is 25.4 Å². The lowest BCUT2D eigenvalue weighted by Gasteiger charge is -2.36. The van der Waals surface area contributed by atoms with Gasteiger partial charge in [0.25, 0.3) is 0 Å². The summed E-state index contributed by atoms with van der Waals surface area (Å²) in [5.74, 6) is 0.0781. The maximum Gasteiger partial charge on any atom is 0.242 e. The third-order valence-corrected chi connectivity index (χ3v) is 3.59. The van der Waals surface area contributed by atoms with E-state index in [2.05, 4.69) is 0 Å². The average molecular weight is 292 g/mol. The van der Waals surface area contributed by atoms with E-state index in [1.807, 2.05) is 54.0 Å². The number of benzene rings is 1. The van der Waals surface area contributed by atoms with Gasteiger partial charge in [0, 0.05) is 25.3 Å². The highest BCUT2D eigenvalue weighted by molar-refractivity contribution is 5.81. The zero-order chi connectivity index (χ0) is 15.2. The molecule has 2 rings (SSSR count). The van der Waals surface area contributed by atoms with Crippen molar-refractivity contribution < 1.29 is 14.6 Å². The maximum absolute atomic E-state index is 12.5. The van der Waals surface area contributed by atoms with Gasteiger partial charge >= 0.3 is 0 Å². The Bertz CT molecular complexity index is 442. The molecule has 1 amide bonds. The minimum Gasteiger partial charge on any atom is -0.395 e. The first-order valence-electron chi connectivity index (χ1n) is 7.44. The lowest BCUT2D eigenvalue weighted by atomic mass is 10.2. The fraction of sp³-hybridized carbons (Fsp3) is 0.562. The molecule has 116 valence electrons. The Morgan fingerprint density at radius 1 is 1.29 bits per heavy atom. The first-order valence-corrected chi connectivity index (χ1v) is 7.44. The van der Waals surface area contributed by atoms with Gasteiger partial charge < -0.3 is 19.6 Å². The molecule has 1 heterocycles. The second-order valence-electron chi connectivity index (χ2n) is 5.54. The zero-order valence-corrected chi connectivity index (χ0v) is 12.7. The van der Waals surface area contributed by atoms with E-state index in [9.17, 15) is 9.90 Å². The van der Waals surface area contributed by atoms with Gasteiger partial charge in [-0.15, -0.1) is 0 Å². The first-order chi connectivity index (χ1) is 10.1. The lowest BCUT2D eigenvalue weighted by molar-refractivity contribution is -0.141. The molecule has 0 saturated carbocycles. The Hall–Kier alpha value is -1.59. The second-order valence-corrected chi connectivity index (χ2v) is 5.54. The fourth-order valence-electron chi connectivity index (χ4n) is 2.70. The summed E-state index contributed by atoms with van der Waals surface area (Å²) in [5.41, 5.74) is 0.953. The van der Waals surface area contributed by atoms with Crippen molar-refractivity contribution in [2.24, 2.45) is 0 Å². The predicted octanol–water partition coefficient (Wildman–Crippen LogP) is 1.12. The lowest BCUT2D eigenvalue weighted by Crippen LogP contribution is -2.51. The molecular weight excluding hydrogens is 268 g/mol. The molecule has 1 fully saturated rings. The van der Waals surface area contributed by atoms with Gasteiger partial charge in [-0.3, -0.25) is 4.79 Å². The number of amides is 1. The van der Waals surface area contributed by atoms with Crippen LogP contribution in [0.15, 0.2) is 30.3 Å². The van der Waals surface area contributed by atoms with Crippen molar-refractivity contribution in [1.29, 1.82) is 0 Å². The summed E-state index contributed by atoms with van der Waals surface area (Å²) in [6.07, 6.45) is 0.140. The van der Waals surface area contributed by atoms with Crippen molar-refractivity contribution in [3.8, 4) is 0 Å². The molecule has 2 unspecified atom stereocenters. The summed E-state index contributed by atoms with van der Waals surface area (Å²) in [5, 5.41) is 9.22. The van der Waals surface area contributed by atoms with Crippen molar-refractivity contribution in [2.75, 3.05) is 37.7 Å². The zero-order valence-electron chi connectivity index (χ0n) is 12.7. The van der Waals surface area contributed by atoms with E-state index < -0.39 is 0 Å². The number of carbonyl (C=O) groups excluding carboxylic acids is 1. The van der Waals surface area contributed by atoms with Gasteiger partial charge in [-0.25, -0.2) is 0 Å². The molecule has 1 saturated heterocycles. The SMILES string of the molecule is CC1CN(C(=O)CN(CCO)c2ccccc2)CC(C)O1. The molecular formula is C16H24N2O3. The van der Waals surface area contributed by atoms with Crippen LogP contribution in [0.3, 0.4) is 0 Å². The summed E-state index contributed by atoms with van der Waals surface area (Å²) in [4.78, 5) is 16.3. The number of para-hydroxylation sites is 1. The Labute approximate surface area is 126 Å². The molecule has 0 bridgehead atoms. The van der Waals surface area contributed by atoms with Crippen LogP contribution in [-0.4, -0.2) is 60.9 Å². The number of aliphatic hydroxyl groups is 1. The normalized spacial score (nSPS) is 22.1. The van der Waals surface area contributed by atoms with Gasteiger partial charge in [0.15, 0.2) is 0 Å². The minimum atomic E-state index is 0.0259. The predicted molar refractivity (Wildman–Crippen MR) is 82.3 cm³/mol.